The molecule has 3 unspecified atom stereocenters. The van der Waals surface area contributed by atoms with Crippen LogP contribution in [-0.4, -0.2) is 57.7 Å². The van der Waals surface area contributed by atoms with Crippen molar-refractivity contribution in [2.45, 2.75) is 56.5 Å². The van der Waals surface area contributed by atoms with Crippen LogP contribution in [0, 0.1) is 5.92 Å². The fourth-order valence-corrected chi connectivity index (χ4v) is 5.95. The molecule has 10 nitrogen and oxygen atoms in total. The zero-order chi connectivity index (χ0) is 29.4. The molecule has 42 heavy (non-hydrogen) atoms. The molecule has 218 valence electrons. The third-order valence-corrected chi connectivity index (χ3v) is 7.94. The first-order valence-corrected chi connectivity index (χ1v) is 13.7. The number of alkyl halides is 3. The van der Waals surface area contributed by atoms with Crippen molar-refractivity contribution in [2.75, 3.05) is 11.4 Å². The van der Waals surface area contributed by atoms with Crippen LogP contribution in [-0.2, 0) is 11.0 Å². The number of aliphatic imine (C=N–C) groups is 1. The molecule has 3 aromatic rings. The first-order chi connectivity index (χ1) is 20.2. The molecule has 0 saturated carbocycles. The number of pyridine rings is 1. The number of halogens is 3. The van der Waals surface area contributed by atoms with Crippen molar-refractivity contribution in [3.63, 3.8) is 0 Å². The summed E-state index contributed by atoms with van der Waals surface area (Å²) in [5.41, 5.74) is 5.74. The lowest BCUT2D eigenvalue weighted by Crippen LogP contribution is -2.47. The smallest absolute Gasteiger partial charge is 0.416 e. The Bertz CT molecular complexity index is 1520. The maximum Gasteiger partial charge on any atom is 0.416 e. The predicted octanol–water partition coefficient (Wildman–Crippen LogP) is 4.07. The van der Waals surface area contributed by atoms with Crippen LogP contribution in [0.3, 0.4) is 0 Å². The number of rotatable bonds is 7. The highest BCUT2D eigenvalue weighted by Crippen LogP contribution is 2.42. The molecule has 0 radical (unpaired) electrons. The first kappa shape index (κ1) is 27.6. The number of ether oxygens (including phenoxy) is 1. The van der Waals surface area contributed by atoms with Gasteiger partial charge in [-0.25, -0.2) is 9.98 Å². The van der Waals surface area contributed by atoms with E-state index in [2.05, 4.69) is 30.2 Å². The number of nitrogens with zero attached hydrogens (tertiary/aromatic N) is 5. The van der Waals surface area contributed by atoms with E-state index in [0.29, 0.717) is 48.6 Å². The fourth-order valence-electron chi connectivity index (χ4n) is 5.95. The molecule has 13 heteroatoms. The number of fused-ring (bicyclic) bond motifs is 2. The van der Waals surface area contributed by atoms with Gasteiger partial charge < -0.3 is 20.7 Å². The van der Waals surface area contributed by atoms with Gasteiger partial charge in [-0.2, -0.15) is 18.2 Å². The highest BCUT2D eigenvalue weighted by Gasteiger charge is 2.43. The Morgan fingerprint density at radius 3 is 2.45 bits per heavy atom. The number of piperidine rings is 1. The number of hydrogen-bond donors (Lipinski definition) is 2. The number of benzene rings is 1. The van der Waals surface area contributed by atoms with E-state index in [1.807, 2.05) is 0 Å². The third kappa shape index (κ3) is 5.63. The van der Waals surface area contributed by atoms with E-state index in [9.17, 15) is 22.8 Å². The van der Waals surface area contributed by atoms with Gasteiger partial charge in [-0.05, 0) is 55.2 Å². The molecule has 5 heterocycles. The topological polar surface area (TPSA) is 136 Å². The Hall–Kier alpha value is -4.55. The van der Waals surface area contributed by atoms with Gasteiger partial charge in [0.25, 0.3) is 5.91 Å². The quantitative estimate of drug-likeness (QED) is 0.403. The first-order valence-electron chi connectivity index (χ1n) is 13.7. The van der Waals surface area contributed by atoms with Gasteiger partial charge in [-0.1, -0.05) is 0 Å². The summed E-state index contributed by atoms with van der Waals surface area (Å²) in [7, 11) is 0. The molecule has 3 aliphatic rings. The van der Waals surface area contributed by atoms with E-state index in [1.54, 1.807) is 12.1 Å². The molecule has 0 spiro atoms. The second-order valence-corrected chi connectivity index (χ2v) is 10.7. The van der Waals surface area contributed by atoms with Gasteiger partial charge >= 0.3 is 6.18 Å². The van der Waals surface area contributed by atoms with E-state index < -0.39 is 17.6 Å². The molecule has 1 aromatic carbocycles. The average molecular weight is 580 g/mol. The largest absolute Gasteiger partial charge is 0.490 e. The van der Waals surface area contributed by atoms with Crippen molar-refractivity contribution >= 4 is 29.8 Å². The predicted molar refractivity (Wildman–Crippen MR) is 147 cm³/mol. The molecule has 2 aromatic heterocycles. The molecule has 2 bridgehead atoms. The number of nitrogens with two attached hydrogens (primary N) is 1. The number of amides is 2. The zero-order valence-electron chi connectivity index (χ0n) is 22.4. The number of carbonyl (C=O) groups excluding carboxylic acids is 2. The van der Waals surface area contributed by atoms with E-state index in [4.69, 9.17) is 10.5 Å². The number of carbonyl (C=O) groups is 2. The summed E-state index contributed by atoms with van der Waals surface area (Å²) >= 11 is 0. The number of nitrogens with one attached hydrogen (secondary N) is 1. The number of anilines is 1. The molecular weight excluding hydrogens is 551 g/mol. The SMILES string of the molecule is NC(=O)c1cc(N=CC2CCNC2=O)nc(N2C3CCC2CC(Oc2ccc(C(F)(F)F)cc2-c2ccncc2)C3)n1. The number of primary amides is 1. The lowest BCUT2D eigenvalue weighted by molar-refractivity contribution is -0.137. The van der Waals surface area contributed by atoms with Gasteiger partial charge in [0.15, 0.2) is 5.82 Å². The van der Waals surface area contributed by atoms with E-state index >= 15 is 0 Å². The Morgan fingerprint density at radius 2 is 1.81 bits per heavy atom. The van der Waals surface area contributed by atoms with Gasteiger partial charge in [-0.15, -0.1) is 0 Å². The molecule has 0 aliphatic carbocycles. The monoisotopic (exact) mass is 579 g/mol. The molecule has 3 N–H and O–H groups in total. The minimum absolute atomic E-state index is 0.0202. The lowest BCUT2D eigenvalue weighted by atomic mass is 9.99. The maximum atomic E-state index is 13.5. The van der Waals surface area contributed by atoms with Gasteiger partial charge in [-0.3, -0.25) is 14.6 Å². The number of aromatic nitrogens is 3. The molecule has 2 amide bonds. The van der Waals surface area contributed by atoms with Crippen LogP contribution in [0.4, 0.5) is 24.9 Å². The van der Waals surface area contributed by atoms with Crippen LogP contribution >= 0.6 is 0 Å². The lowest BCUT2D eigenvalue weighted by Gasteiger charge is -2.39. The van der Waals surface area contributed by atoms with Crippen molar-refractivity contribution in [3.05, 3.63) is 60.0 Å². The van der Waals surface area contributed by atoms with Crippen LogP contribution in [0.15, 0.2) is 53.8 Å². The summed E-state index contributed by atoms with van der Waals surface area (Å²) in [6.07, 6.45) is 3.29. The Balaban J connectivity index is 1.24. The molecule has 3 saturated heterocycles. The average Bonchev–Trinajstić information content (AvgIpc) is 3.50. The van der Waals surface area contributed by atoms with Crippen LogP contribution < -0.4 is 20.7 Å². The normalized spacial score (nSPS) is 23.8. The van der Waals surface area contributed by atoms with Gasteiger partial charge in [0, 0.05) is 61.7 Å². The Labute approximate surface area is 239 Å². The molecule has 6 rings (SSSR count). The minimum atomic E-state index is -4.49. The van der Waals surface area contributed by atoms with Crippen molar-refractivity contribution in [1.82, 2.24) is 20.3 Å². The Kier molecular flexibility index (Phi) is 7.25. The highest BCUT2D eigenvalue weighted by molar-refractivity contribution is 5.96. The summed E-state index contributed by atoms with van der Waals surface area (Å²) in [4.78, 5) is 43.4. The highest BCUT2D eigenvalue weighted by atomic mass is 19.4. The molecule has 3 atom stereocenters. The summed E-state index contributed by atoms with van der Waals surface area (Å²) in [5.74, 6) is -0.266. The van der Waals surface area contributed by atoms with Crippen molar-refractivity contribution in [1.29, 1.82) is 0 Å². The second-order valence-electron chi connectivity index (χ2n) is 10.7. The fraction of sp³-hybridized carbons (Fsp3) is 0.379. The minimum Gasteiger partial charge on any atom is -0.490 e. The summed E-state index contributed by atoms with van der Waals surface area (Å²) < 4.78 is 46.9. The molecular formula is C29H28F3N7O3. The van der Waals surface area contributed by atoms with Crippen LogP contribution in [0.1, 0.15) is 48.2 Å². The van der Waals surface area contributed by atoms with Gasteiger partial charge in [0.1, 0.15) is 17.5 Å². The molecule has 3 aliphatic heterocycles. The maximum absolute atomic E-state index is 13.5. The van der Waals surface area contributed by atoms with E-state index in [1.165, 1.54) is 30.7 Å². The van der Waals surface area contributed by atoms with Crippen LogP contribution in [0.2, 0.25) is 0 Å². The second kappa shape index (κ2) is 11.0. The standard InChI is InChI=1S/C29H28F3N7O3/c30-29(31,32)18-1-4-24(22(11-18)16-5-8-34-9-6-16)42-21-12-19-2-3-20(13-21)39(19)28-37-23(26(33)40)14-25(38-28)36-15-17-7-10-35-27(17)41/h1,4-6,8-9,11,14-15,17,19-21H,2-3,7,10,12-13H2,(H2,33,40)(H,35,41). The summed E-state index contributed by atoms with van der Waals surface area (Å²) in [6, 6.07) is 8.17. The van der Waals surface area contributed by atoms with Gasteiger partial charge in [0.05, 0.1) is 11.5 Å². The summed E-state index contributed by atoms with van der Waals surface area (Å²) in [6.45, 7) is 0.577. The van der Waals surface area contributed by atoms with E-state index in [-0.39, 0.29) is 41.5 Å². The summed E-state index contributed by atoms with van der Waals surface area (Å²) in [5, 5.41) is 2.75. The number of hydrogen-bond acceptors (Lipinski definition) is 8. The van der Waals surface area contributed by atoms with Crippen LogP contribution in [0.5, 0.6) is 5.75 Å². The van der Waals surface area contributed by atoms with E-state index in [0.717, 1.165) is 25.0 Å². The Morgan fingerprint density at radius 1 is 1.07 bits per heavy atom. The van der Waals surface area contributed by atoms with Crippen LogP contribution in [0.25, 0.3) is 11.1 Å². The zero-order valence-corrected chi connectivity index (χ0v) is 22.4. The van der Waals surface area contributed by atoms with Crippen molar-refractivity contribution < 1.29 is 27.5 Å². The third-order valence-electron chi connectivity index (χ3n) is 7.94. The van der Waals surface area contributed by atoms with Crippen molar-refractivity contribution in [2.24, 2.45) is 16.6 Å². The molecule has 3 fully saturated rings. The van der Waals surface area contributed by atoms with Crippen molar-refractivity contribution in [3.8, 4) is 16.9 Å². The van der Waals surface area contributed by atoms with Gasteiger partial charge in [0.2, 0.25) is 11.9 Å².